The highest BCUT2D eigenvalue weighted by molar-refractivity contribution is 6.38. The summed E-state index contributed by atoms with van der Waals surface area (Å²) in [7, 11) is 0. The van der Waals surface area contributed by atoms with Crippen molar-refractivity contribution in [1.82, 2.24) is 0 Å². The van der Waals surface area contributed by atoms with Crippen molar-refractivity contribution in [2.75, 3.05) is 0 Å². The SMILES string of the molecule is Clc1[c]cc(Cl)c(-c2cc(Cl)ccc2Cl)c1. The highest BCUT2D eigenvalue weighted by Gasteiger charge is 2.09. The summed E-state index contributed by atoms with van der Waals surface area (Å²) in [6, 6.07) is 11.3. The molecular weight excluding hydrogens is 286 g/mol. The minimum atomic E-state index is 0.482. The fourth-order valence-corrected chi connectivity index (χ4v) is 2.12. The molecule has 2 rings (SSSR count). The van der Waals surface area contributed by atoms with Gasteiger partial charge in [-0.2, -0.15) is 0 Å². The Kier molecular flexibility index (Phi) is 3.66. The van der Waals surface area contributed by atoms with Crippen LogP contribution in [0, 0.1) is 6.07 Å². The lowest BCUT2D eigenvalue weighted by molar-refractivity contribution is 1.61. The second-order valence-corrected chi connectivity index (χ2v) is 4.82. The minimum Gasteiger partial charge on any atom is -0.0843 e. The summed E-state index contributed by atoms with van der Waals surface area (Å²) in [5.41, 5.74) is 1.51. The summed E-state index contributed by atoms with van der Waals surface area (Å²) in [5, 5.41) is 2.19. The lowest BCUT2D eigenvalue weighted by Crippen LogP contribution is -1.82. The molecule has 0 aromatic heterocycles. The van der Waals surface area contributed by atoms with E-state index in [0.717, 1.165) is 11.1 Å². The Hall–Kier alpha value is -0.400. The van der Waals surface area contributed by atoms with Crippen LogP contribution in [0.5, 0.6) is 0 Å². The topological polar surface area (TPSA) is 0 Å². The van der Waals surface area contributed by atoms with E-state index in [1.54, 1.807) is 30.3 Å². The molecule has 81 valence electrons. The summed E-state index contributed by atoms with van der Waals surface area (Å²) >= 11 is 23.9. The van der Waals surface area contributed by atoms with E-state index in [-0.39, 0.29) is 0 Å². The van der Waals surface area contributed by atoms with E-state index in [0.29, 0.717) is 20.1 Å². The van der Waals surface area contributed by atoms with Crippen molar-refractivity contribution in [3.63, 3.8) is 0 Å². The van der Waals surface area contributed by atoms with Crippen LogP contribution in [0.15, 0.2) is 30.3 Å². The molecule has 16 heavy (non-hydrogen) atoms. The third-order valence-corrected chi connectivity index (χ3v) is 3.18. The fraction of sp³-hybridized carbons (Fsp3) is 0. The molecular formula is C12H5Cl4. The summed E-state index contributed by atoms with van der Waals surface area (Å²) in [6.45, 7) is 0. The van der Waals surface area contributed by atoms with Gasteiger partial charge < -0.3 is 0 Å². The van der Waals surface area contributed by atoms with E-state index in [1.807, 2.05) is 0 Å². The Balaban J connectivity index is 2.66. The van der Waals surface area contributed by atoms with Crippen LogP contribution >= 0.6 is 46.4 Å². The maximum absolute atomic E-state index is 6.08. The molecule has 0 heterocycles. The molecule has 0 N–H and O–H groups in total. The zero-order valence-corrected chi connectivity index (χ0v) is 10.9. The van der Waals surface area contributed by atoms with E-state index >= 15 is 0 Å². The highest BCUT2D eigenvalue weighted by atomic mass is 35.5. The first-order valence-corrected chi connectivity index (χ1v) is 5.91. The molecule has 0 saturated heterocycles. The van der Waals surface area contributed by atoms with Crippen molar-refractivity contribution in [3.8, 4) is 11.1 Å². The third-order valence-electron chi connectivity index (χ3n) is 2.08. The first kappa shape index (κ1) is 12.1. The highest BCUT2D eigenvalue weighted by Crippen LogP contribution is 2.36. The average molecular weight is 291 g/mol. The first-order chi connectivity index (χ1) is 7.58. The maximum atomic E-state index is 6.08. The van der Waals surface area contributed by atoms with Crippen molar-refractivity contribution < 1.29 is 0 Å². The Morgan fingerprint density at radius 1 is 0.812 bits per heavy atom. The van der Waals surface area contributed by atoms with Gasteiger partial charge >= 0.3 is 0 Å². The molecule has 0 spiro atoms. The van der Waals surface area contributed by atoms with Crippen LogP contribution in [0.25, 0.3) is 11.1 Å². The number of halogens is 4. The quantitative estimate of drug-likeness (QED) is 0.626. The molecule has 4 heteroatoms. The van der Waals surface area contributed by atoms with E-state index in [1.165, 1.54) is 0 Å². The van der Waals surface area contributed by atoms with Crippen LogP contribution < -0.4 is 0 Å². The number of hydrogen-bond acceptors (Lipinski definition) is 0. The second-order valence-electron chi connectivity index (χ2n) is 3.17. The van der Waals surface area contributed by atoms with Crippen LogP contribution in [0.1, 0.15) is 0 Å². The molecule has 0 nitrogen and oxygen atoms in total. The van der Waals surface area contributed by atoms with E-state index in [2.05, 4.69) is 6.07 Å². The fourth-order valence-electron chi connectivity index (χ4n) is 1.36. The van der Waals surface area contributed by atoms with Crippen LogP contribution in [0.2, 0.25) is 20.1 Å². The van der Waals surface area contributed by atoms with Gasteiger partial charge in [-0.15, -0.1) is 0 Å². The van der Waals surface area contributed by atoms with Crippen LogP contribution in [-0.4, -0.2) is 0 Å². The molecule has 0 atom stereocenters. The van der Waals surface area contributed by atoms with Gasteiger partial charge in [-0.3, -0.25) is 0 Å². The van der Waals surface area contributed by atoms with E-state index < -0.39 is 0 Å². The average Bonchev–Trinajstić information content (AvgIpc) is 2.25. The smallest absolute Gasteiger partial charge is 0.0492 e. The van der Waals surface area contributed by atoms with Gasteiger partial charge in [-0.1, -0.05) is 46.4 Å². The lowest BCUT2D eigenvalue weighted by Gasteiger charge is -2.07. The number of hydrogen-bond donors (Lipinski definition) is 0. The molecule has 0 amide bonds. The molecule has 0 saturated carbocycles. The summed E-state index contributed by atoms with van der Waals surface area (Å²) in [5.74, 6) is 0. The monoisotopic (exact) mass is 289 g/mol. The minimum absolute atomic E-state index is 0.482. The zero-order chi connectivity index (χ0) is 11.7. The molecule has 0 fully saturated rings. The number of rotatable bonds is 1. The van der Waals surface area contributed by atoms with E-state index in [9.17, 15) is 0 Å². The molecule has 2 aromatic rings. The van der Waals surface area contributed by atoms with Gasteiger partial charge in [0.1, 0.15) is 0 Å². The normalized spacial score (nSPS) is 10.5. The molecule has 0 bridgehead atoms. The lowest BCUT2D eigenvalue weighted by atomic mass is 10.1. The predicted octanol–water partition coefficient (Wildman–Crippen LogP) is 5.77. The van der Waals surface area contributed by atoms with Crippen molar-refractivity contribution >= 4 is 46.4 Å². The molecule has 0 aliphatic heterocycles. The molecule has 0 aliphatic carbocycles. The van der Waals surface area contributed by atoms with Gasteiger partial charge in [0.05, 0.1) is 0 Å². The maximum Gasteiger partial charge on any atom is 0.0492 e. The Morgan fingerprint density at radius 2 is 1.50 bits per heavy atom. The Labute approximate surface area is 114 Å². The zero-order valence-electron chi connectivity index (χ0n) is 7.90. The van der Waals surface area contributed by atoms with E-state index in [4.69, 9.17) is 46.4 Å². The predicted molar refractivity (Wildman–Crippen MR) is 70.8 cm³/mol. The van der Waals surface area contributed by atoms with Gasteiger partial charge in [0.2, 0.25) is 0 Å². The summed E-state index contributed by atoms with van der Waals surface area (Å²) < 4.78 is 0. The molecule has 0 aliphatic rings. The molecule has 1 radical (unpaired) electrons. The van der Waals surface area contributed by atoms with Crippen molar-refractivity contribution in [2.45, 2.75) is 0 Å². The standard InChI is InChI=1S/C12H5Cl4/c13-7-1-3-11(15)9(5-7)10-6-8(14)2-4-12(10)16/h1,3-6H. The van der Waals surface area contributed by atoms with Crippen LogP contribution in [0.3, 0.4) is 0 Å². The Bertz CT molecular complexity index is 485. The van der Waals surface area contributed by atoms with Crippen molar-refractivity contribution in [1.29, 1.82) is 0 Å². The van der Waals surface area contributed by atoms with Gasteiger partial charge in [0, 0.05) is 37.3 Å². The number of benzene rings is 2. The molecule has 2 aromatic carbocycles. The van der Waals surface area contributed by atoms with Gasteiger partial charge in [0.15, 0.2) is 0 Å². The van der Waals surface area contributed by atoms with Gasteiger partial charge in [0.25, 0.3) is 0 Å². The Morgan fingerprint density at radius 3 is 2.25 bits per heavy atom. The first-order valence-electron chi connectivity index (χ1n) is 4.40. The van der Waals surface area contributed by atoms with Crippen LogP contribution in [-0.2, 0) is 0 Å². The second kappa shape index (κ2) is 4.85. The van der Waals surface area contributed by atoms with Crippen LogP contribution in [0.4, 0.5) is 0 Å². The van der Waals surface area contributed by atoms with Crippen molar-refractivity contribution in [3.05, 3.63) is 56.5 Å². The summed E-state index contributed by atoms with van der Waals surface area (Å²) in [4.78, 5) is 0. The van der Waals surface area contributed by atoms with Gasteiger partial charge in [-0.25, -0.2) is 0 Å². The molecule has 0 unspecified atom stereocenters. The largest absolute Gasteiger partial charge is 0.0843 e. The third kappa shape index (κ3) is 2.46. The summed E-state index contributed by atoms with van der Waals surface area (Å²) in [6.07, 6.45) is 0. The van der Waals surface area contributed by atoms with Gasteiger partial charge in [-0.05, 0) is 30.3 Å². The van der Waals surface area contributed by atoms with Crippen molar-refractivity contribution in [2.24, 2.45) is 0 Å².